The molecule has 0 saturated heterocycles. The summed E-state index contributed by atoms with van der Waals surface area (Å²) in [5, 5.41) is 21.0. The molecule has 5 rings (SSSR count). The van der Waals surface area contributed by atoms with Crippen LogP contribution in [0.5, 0.6) is 0 Å². The Kier molecular flexibility index (Phi) is 3.92. The number of aromatic amines is 2. The molecule has 0 radical (unpaired) electrons. The predicted molar refractivity (Wildman–Crippen MR) is 104 cm³/mol. The van der Waals surface area contributed by atoms with Gasteiger partial charge >= 0.3 is 0 Å². The fourth-order valence-electron chi connectivity index (χ4n) is 3.29. The van der Waals surface area contributed by atoms with Crippen LogP contribution in [0.4, 0.5) is 22.0 Å². The van der Waals surface area contributed by atoms with E-state index in [-0.39, 0.29) is 5.82 Å². The summed E-state index contributed by atoms with van der Waals surface area (Å²) in [6.45, 7) is 0. The van der Waals surface area contributed by atoms with Crippen molar-refractivity contribution >= 4 is 28.5 Å². The maximum Gasteiger partial charge on any atom is 0.224 e. The molecule has 1 fully saturated rings. The van der Waals surface area contributed by atoms with Crippen molar-refractivity contribution in [2.75, 3.05) is 17.7 Å². The summed E-state index contributed by atoms with van der Waals surface area (Å²) in [4.78, 5) is 8.56. The van der Waals surface area contributed by atoms with Crippen molar-refractivity contribution < 1.29 is 4.39 Å². The monoisotopic (exact) mass is 378 g/mol. The first-order chi connectivity index (χ1) is 13.7. The molecule has 1 aliphatic rings. The largest absolute Gasteiger partial charge is 0.357 e. The zero-order chi connectivity index (χ0) is 19.1. The van der Waals surface area contributed by atoms with E-state index >= 15 is 4.39 Å². The lowest BCUT2D eigenvalue weighted by atomic mass is 10.1. The number of H-pyrrole nitrogens is 2. The third-order valence-corrected chi connectivity index (χ3v) is 4.94. The normalized spacial score (nSPS) is 13.8. The van der Waals surface area contributed by atoms with Crippen LogP contribution >= 0.6 is 0 Å². The Morgan fingerprint density at radius 2 is 2.11 bits per heavy atom. The summed E-state index contributed by atoms with van der Waals surface area (Å²) >= 11 is 0. The van der Waals surface area contributed by atoms with Crippen LogP contribution in [0.25, 0.3) is 10.9 Å². The van der Waals surface area contributed by atoms with Crippen LogP contribution in [0.3, 0.4) is 0 Å². The van der Waals surface area contributed by atoms with Crippen LogP contribution in [0.1, 0.15) is 35.7 Å². The van der Waals surface area contributed by atoms with E-state index in [0.29, 0.717) is 29.8 Å². The number of hydrogen-bond donors (Lipinski definition) is 4. The van der Waals surface area contributed by atoms with Crippen LogP contribution in [0.15, 0.2) is 30.5 Å². The number of rotatable bonds is 6. The van der Waals surface area contributed by atoms with Gasteiger partial charge < -0.3 is 10.6 Å². The Bertz CT molecular complexity index is 1140. The predicted octanol–water partition coefficient (Wildman–Crippen LogP) is 3.47. The number of aromatic nitrogens is 6. The van der Waals surface area contributed by atoms with Crippen molar-refractivity contribution in [3.05, 3.63) is 53.2 Å². The Morgan fingerprint density at radius 3 is 2.93 bits per heavy atom. The minimum atomic E-state index is -0.490. The van der Waals surface area contributed by atoms with Crippen molar-refractivity contribution in [1.82, 2.24) is 30.4 Å². The smallest absolute Gasteiger partial charge is 0.224 e. The number of nitrogens with zero attached hydrogens (tertiary/aromatic N) is 4. The topological polar surface area (TPSA) is 107 Å². The highest BCUT2D eigenvalue weighted by atomic mass is 19.1. The summed E-state index contributed by atoms with van der Waals surface area (Å²) < 4.78 is 15.2. The highest BCUT2D eigenvalue weighted by Crippen LogP contribution is 2.39. The number of nitrogens with one attached hydrogen (secondary N) is 4. The summed E-state index contributed by atoms with van der Waals surface area (Å²) in [5.41, 5.74) is 3.21. The Morgan fingerprint density at radius 1 is 1.21 bits per heavy atom. The third-order valence-electron chi connectivity index (χ3n) is 4.94. The van der Waals surface area contributed by atoms with Crippen molar-refractivity contribution in [2.24, 2.45) is 0 Å². The van der Waals surface area contributed by atoms with Gasteiger partial charge in [0.2, 0.25) is 5.95 Å². The zero-order valence-electron chi connectivity index (χ0n) is 15.3. The second kappa shape index (κ2) is 6.59. The van der Waals surface area contributed by atoms with E-state index in [1.165, 1.54) is 0 Å². The number of halogens is 1. The number of hydrogen-bond acceptors (Lipinski definition) is 6. The molecule has 1 saturated carbocycles. The molecule has 1 aliphatic carbocycles. The molecule has 0 spiro atoms. The molecule has 0 atom stereocenters. The highest BCUT2D eigenvalue weighted by molar-refractivity contribution is 5.81. The number of anilines is 3. The fourth-order valence-corrected chi connectivity index (χ4v) is 3.29. The maximum absolute atomic E-state index is 15.2. The fraction of sp³-hybridized carbons (Fsp3) is 0.263. The van der Waals surface area contributed by atoms with Crippen molar-refractivity contribution in [2.45, 2.75) is 25.2 Å². The van der Waals surface area contributed by atoms with Crippen LogP contribution < -0.4 is 10.6 Å². The Labute approximate surface area is 160 Å². The molecule has 0 amide bonds. The van der Waals surface area contributed by atoms with Gasteiger partial charge in [0, 0.05) is 36.5 Å². The third kappa shape index (κ3) is 3.04. The SMILES string of the molecule is CNc1nc(Cc2cccc3[nH]ncc23)c(F)c(Nc2cc(C3CC3)[nH]n2)n1. The van der Waals surface area contributed by atoms with Crippen molar-refractivity contribution in [1.29, 1.82) is 0 Å². The Hall–Kier alpha value is -3.49. The summed E-state index contributed by atoms with van der Waals surface area (Å²) in [7, 11) is 1.71. The second-order valence-corrected chi connectivity index (χ2v) is 6.94. The molecule has 3 aromatic heterocycles. The first-order valence-corrected chi connectivity index (χ1v) is 9.18. The molecule has 0 unspecified atom stereocenters. The van der Waals surface area contributed by atoms with Gasteiger partial charge in [-0.3, -0.25) is 10.2 Å². The van der Waals surface area contributed by atoms with Gasteiger partial charge in [-0.25, -0.2) is 9.37 Å². The lowest BCUT2D eigenvalue weighted by Gasteiger charge is -2.11. The van der Waals surface area contributed by atoms with Gasteiger partial charge in [0.25, 0.3) is 0 Å². The van der Waals surface area contributed by atoms with Crippen LogP contribution in [-0.2, 0) is 6.42 Å². The van der Waals surface area contributed by atoms with E-state index in [4.69, 9.17) is 0 Å². The van der Waals surface area contributed by atoms with Crippen molar-refractivity contribution in [3.8, 4) is 0 Å². The van der Waals surface area contributed by atoms with Gasteiger partial charge in [0.15, 0.2) is 17.5 Å². The summed E-state index contributed by atoms with van der Waals surface area (Å²) in [6, 6.07) is 7.70. The molecule has 0 aliphatic heterocycles. The minimum absolute atomic E-state index is 0.0996. The zero-order valence-corrected chi connectivity index (χ0v) is 15.3. The van der Waals surface area contributed by atoms with Gasteiger partial charge in [-0.15, -0.1) is 0 Å². The molecule has 4 aromatic rings. The van der Waals surface area contributed by atoms with E-state index < -0.39 is 5.82 Å². The molecular weight excluding hydrogens is 359 g/mol. The van der Waals surface area contributed by atoms with Crippen molar-refractivity contribution in [3.63, 3.8) is 0 Å². The molecule has 142 valence electrons. The molecule has 4 N–H and O–H groups in total. The Balaban J connectivity index is 1.49. The van der Waals surface area contributed by atoms with E-state index in [0.717, 1.165) is 35.0 Å². The molecule has 0 bridgehead atoms. The molecule has 8 nitrogen and oxygen atoms in total. The van der Waals surface area contributed by atoms with Crippen LogP contribution in [-0.4, -0.2) is 37.4 Å². The van der Waals surface area contributed by atoms with E-state index in [9.17, 15) is 0 Å². The standard InChI is InChI=1S/C19H19FN8/c1-21-19-23-15(7-11-3-2-4-13-12(11)9-22-26-13)17(20)18(25-19)24-16-8-14(27-28-16)10-5-6-10/h2-4,8-10H,5-7H2,1H3,(H,22,26)(H3,21,23,24,25,27,28). The molecule has 9 heteroatoms. The van der Waals surface area contributed by atoms with Crippen LogP contribution in [0, 0.1) is 5.82 Å². The minimum Gasteiger partial charge on any atom is -0.357 e. The number of benzene rings is 1. The second-order valence-electron chi connectivity index (χ2n) is 6.94. The first kappa shape index (κ1) is 16.7. The molecular formula is C19H19FN8. The average molecular weight is 378 g/mol. The van der Waals surface area contributed by atoms with Crippen LogP contribution in [0.2, 0.25) is 0 Å². The van der Waals surface area contributed by atoms with Gasteiger partial charge in [0.1, 0.15) is 0 Å². The lowest BCUT2D eigenvalue weighted by molar-refractivity contribution is 0.602. The molecule has 3 heterocycles. The highest BCUT2D eigenvalue weighted by Gasteiger charge is 2.26. The van der Waals surface area contributed by atoms with E-state index in [2.05, 4.69) is 41.0 Å². The number of fused-ring (bicyclic) bond motifs is 1. The van der Waals surface area contributed by atoms with E-state index in [1.54, 1.807) is 13.2 Å². The summed E-state index contributed by atoms with van der Waals surface area (Å²) in [6.07, 6.45) is 4.39. The summed E-state index contributed by atoms with van der Waals surface area (Å²) in [5.74, 6) is 1.04. The van der Waals surface area contributed by atoms with Gasteiger partial charge in [0.05, 0.1) is 17.4 Å². The quantitative estimate of drug-likeness (QED) is 0.409. The van der Waals surface area contributed by atoms with Gasteiger partial charge in [-0.2, -0.15) is 15.2 Å². The maximum atomic E-state index is 15.2. The lowest BCUT2D eigenvalue weighted by Crippen LogP contribution is -2.09. The average Bonchev–Trinajstić information content (AvgIpc) is 3.25. The molecule has 1 aromatic carbocycles. The van der Waals surface area contributed by atoms with E-state index in [1.807, 2.05) is 24.3 Å². The molecule has 28 heavy (non-hydrogen) atoms. The first-order valence-electron chi connectivity index (χ1n) is 9.18. The van der Waals surface area contributed by atoms with Gasteiger partial charge in [-0.1, -0.05) is 12.1 Å². The van der Waals surface area contributed by atoms with Gasteiger partial charge in [-0.05, 0) is 24.5 Å².